The summed E-state index contributed by atoms with van der Waals surface area (Å²) in [7, 11) is 0. The van der Waals surface area contributed by atoms with Gasteiger partial charge in [-0.15, -0.1) is 0 Å². The van der Waals surface area contributed by atoms with E-state index in [4.69, 9.17) is 4.74 Å². The number of ether oxygens (including phenoxy) is 1. The van der Waals surface area contributed by atoms with Crippen LogP contribution in [0.1, 0.15) is 13.8 Å². The Morgan fingerprint density at radius 3 is 2.23 bits per heavy atom. The van der Waals surface area contributed by atoms with Crippen molar-refractivity contribution in [3.8, 4) is 0 Å². The van der Waals surface area contributed by atoms with E-state index in [0.717, 1.165) is 26.3 Å². The smallest absolute Gasteiger partial charge is 0.0702 e. The minimum Gasteiger partial charge on any atom is -0.377 e. The minimum absolute atomic E-state index is 0.363. The molecule has 76 valence electrons. The maximum atomic E-state index is 5.39. The zero-order valence-corrected chi connectivity index (χ0v) is 8.68. The first kappa shape index (κ1) is 9.44. The standard InChI is InChI=1S/C10H20N2O/c1-9(2)10(7-13-8-10)12-5-3-11-4-6-12/h9,11H,3-8H2,1-2H3. The zero-order valence-electron chi connectivity index (χ0n) is 8.68. The van der Waals surface area contributed by atoms with Gasteiger partial charge in [0.25, 0.3) is 0 Å². The Morgan fingerprint density at radius 1 is 1.23 bits per heavy atom. The van der Waals surface area contributed by atoms with Crippen molar-refractivity contribution in [2.75, 3.05) is 39.4 Å². The Morgan fingerprint density at radius 2 is 1.85 bits per heavy atom. The van der Waals surface area contributed by atoms with E-state index in [1.807, 2.05) is 0 Å². The van der Waals surface area contributed by atoms with Gasteiger partial charge in [0, 0.05) is 26.2 Å². The highest BCUT2D eigenvalue weighted by Gasteiger charge is 2.46. The van der Waals surface area contributed by atoms with E-state index in [2.05, 4.69) is 24.1 Å². The molecule has 0 saturated carbocycles. The number of hydrogen-bond acceptors (Lipinski definition) is 3. The lowest BCUT2D eigenvalue weighted by molar-refractivity contribution is -0.165. The van der Waals surface area contributed by atoms with Crippen LogP contribution in [0, 0.1) is 5.92 Å². The fourth-order valence-corrected chi connectivity index (χ4v) is 2.30. The molecule has 0 unspecified atom stereocenters. The second kappa shape index (κ2) is 3.56. The van der Waals surface area contributed by atoms with Crippen LogP contribution in [0.3, 0.4) is 0 Å². The third kappa shape index (κ3) is 1.49. The van der Waals surface area contributed by atoms with Gasteiger partial charge in [-0.05, 0) is 5.92 Å². The molecule has 0 bridgehead atoms. The lowest BCUT2D eigenvalue weighted by Crippen LogP contribution is -2.68. The molecule has 0 atom stereocenters. The molecule has 2 saturated heterocycles. The van der Waals surface area contributed by atoms with Crippen molar-refractivity contribution in [2.45, 2.75) is 19.4 Å². The van der Waals surface area contributed by atoms with Gasteiger partial charge < -0.3 is 10.1 Å². The molecule has 0 aromatic rings. The van der Waals surface area contributed by atoms with Gasteiger partial charge in [-0.3, -0.25) is 4.90 Å². The highest BCUT2D eigenvalue weighted by molar-refractivity contribution is 5.00. The normalized spacial score (nSPS) is 28.8. The molecule has 0 amide bonds. The Bertz CT molecular complexity index is 172. The SMILES string of the molecule is CC(C)C1(N2CCNCC2)COC1. The first-order valence-electron chi connectivity index (χ1n) is 5.29. The molecule has 2 rings (SSSR count). The fourth-order valence-electron chi connectivity index (χ4n) is 2.30. The summed E-state index contributed by atoms with van der Waals surface area (Å²) < 4.78 is 5.39. The van der Waals surface area contributed by atoms with E-state index in [-0.39, 0.29) is 0 Å². The van der Waals surface area contributed by atoms with E-state index < -0.39 is 0 Å². The van der Waals surface area contributed by atoms with Gasteiger partial charge >= 0.3 is 0 Å². The van der Waals surface area contributed by atoms with Crippen molar-refractivity contribution in [1.82, 2.24) is 10.2 Å². The molecule has 2 fully saturated rings. The predicted molar refractivity (Wildman–Crippen MR) is 52.8 cm³/mol. The first-order chi connectivity index (χ1) is 6.26. The van der Waals surface area contributed by atoms with Gasteiger partial charge in [0.05, 0.1) is 18.8 Å². The van der Waals surface area contributed by atoms with Crippen LogP contribution in [0.4, 0.5) is 0 Å². The molecule has 2 heterocycles. The maximum Gasteiger partial charge on any atom is 0.0702 e. The van der Waals surface area contributed by atoms with Gasteiger partial charge in [-0.25, -0.2) is 0 Å². The van der Waals surface area contributed by atoms with Gasteiger partial charge in [0.1, 0.15) is 0 Å². The highest BCUT2D eigenvalue weighted by Crippen LogP contribution is 2.32. The third-order valence-corrected chi connectivity index (χ3v) is 3.53. The molecule has 0 aliphatic carbocycles. The molecule has 3 heteroatoms. The van der Waals surface area contributed by atoms with Crippen LogP contribution in [0.25, 0.3) is 0 Å². The number of hydrogen-bond donors (Lipinski definition) is 1. The van der Waals surface area contributed by atoms with Gasteiger partial charge in [-0.1, -0.05) is 13.8 Å². The quantitative estimate of drug-likeness (QED) is 0.669. The molecule has 0 aromatic heterocycles. The summed E-state index contributed by atoms with van der Waals surface area (Å²) in [6.45, 7) is 11.1. The molecule has 3 nitrogen and oxygen atoms in total. The largest absolute Gasteiger partial charge is 0.377 e. The molecule has 2 aliphatic rings. The van der Waals surface area contributed by atoms with Crippen molar-refractivity contribution in [2.24, 2.45) is 5.92 Å². The van der Waals surface area contributed by atoms with Crippen molar-refractivity contribution in [1.29, 1.82) is 0 Å². The van der Waals surface area contributed by atoms with Crippen LogP contribution in [-0.2, 0) is 4.74 Å². The average molecular weight is 184 g/mol. The average Bonchev–Trinajstić information content (AvgIpc) is 2.03. The Labute approximate surface area is 80.4 Å². The van der Waals surface area contributed by atoms with Crippen molar-refractivity contribution < 1.29 is 4.74 Å². The van der Waals surface area contributed by atoms with E-state index in [0.29, 0.717) is 11.5 Å². The van der Waals surface area contributed by atoms with E-state index in [1.54, 1.807) is 0 Å². The second-order valence-electron chi connectivity index (χ2n) is 4.49. The summed E-state index contributed by atoms with van der Waals surface area (Å²) in [6, 6.07) is 0. The van der Waals surface area contributed by atoms with E-state index in [9.17, 15) is 0 Å². The maximum absolute atomic E-state index is 5.39. The number of piperazine rings is 1. The summed E-state index contributed by atoms with van der Waals surface area (Å²) in [4.78, 5) is 2.61. The minimum atomic E-state index is 0.363. The molecule has 2 aliphatic heterocycles. The van der Waals surface area contributed by atoms with Gasteiger partial charge in [-0.2, -0.15) is 0 Å². The molecule has 13 heavy (non-hydrogen) atoms. The Balaban J connectivity index is 2.02. The predicted octanol–water partition coefficient (Wildman–Crippen LogP) is 0.317. The van der Waals surface area contributed by atoms with E-state index >= 15 is 0 Å². The molecule has 0 aromatic carbocycles. The fraction of sp³-hybridized carbons (Fsp3) is 1.00. The molecule has 0 spiro atoms. The monoisotopic (exact) mass is 184 g/mol. The topological polar surface area (TPSA) is 24.5 Å². The van der Waals surface area contributed by atoms with Crippen molar-refractivity contribution in [3.05, 3.63) is 0 Å². The van der Waals surface area contributed by atoms with Crippen LogP contribution in [0.15, 0.2) is 0 Å². The van der Waals surface area contributed by atoms with Crippen LogP contribution in [0.2, 0.25) is 0 Å². The zero-order chi connectivity index (χ0) is 9.31. The Kier molecular flexibility index (Phi) is 2.58. The third-order valence-electron chi connectivity index (χ3n) is 3.53. The van der Waals surface area contributed by atoms with Crippen LogP contribution < -0.4 is 5.32 Å². The highest BCUT2D eigenvalue weighted by atomic mass is 16.5. The van der Waals surface area contributed by atoms with Crippen molar-refractivity contribution >= 4 is 0 Å². The number of nitrogens with zero attached hydrogens (tertiary/aromatic N) is 1. The van der Waals surface area contributed by atoms with Crippen LogP contribution in [-0.4, -0.2) is 49.8 Å². The summed E-state index contributed by atoms with van der Waals surface area (Å²) in [6.07, 6.45) is 0. The van der Waals surface area contributed by atoms with Crippen LogP contribution >= 0.6 is 0 Å². The Hall–Kier alpha value is -0.120. The molecular formula is C10H20N2O. The van der Waals surface area contributed by atoms with Gasteiger partial charge in [0.15, 0.2) is 0 Å². The van der Waals surface area contributed by atoms with Gasteiger partial charge in [0.2, 0.25) is 0 Å². The second-order valence-corrected chi connectivity index (χ2v) is 4.49. The lowest BCUT2D eigenvalue weighted by Gasteiger charge is -2.53. The molecule has 1 N–H and O–H groups in total. The van der Waals surface area contributed by atoms with Crippen molar-refractivity contribution in [3.63, 3.8) is 0 Å². The molecule has 0 radical (unpaired) electrons. The number of nitrogens with one attached hydrogen (secondary N) is 1. The lowest BCUT2D eigenvalue weighted by atomic mass is 9.82. The summed E-state index contributed by atoms with van der Waals surface area (Å²) in [5.74, 6) is 0.708. The summed E-state index contributed by atoms with van der Waals surface area (Å²) in [5, 5.41) is 3.39. The van der Waals surface area contributed by atoms with Crippen LogP contribution in [0.5, 0.6) is 0 Å². The number of rotatable bonds is 2. The summed E-state index contributed by atoms with van der Waals surface area (Å²) >= 11 is 0. The molecular weight excluding hydrogens is 164 g/mol. The first-order valence-corrected chi connectivity index (χ1v) is 5.29. The summed E-state index contributed by atoms with van der Waals surface area (Å²) in [5.41, 5.74) is 0.363. The van der Waals surface area contributed by atoms with E-state index in [1.165, 1.54) is 13.1 Å².